The molecule has 0 aliphatic carbocycles. The molecule has 0 amide bonds. The van der Waals surface area contributed by atoms with Gasteiger partial charge in [-0.15, -0.1) is 5.10 Å². The second kappa shape index (κ2) is 4.22. The lowest BCUT2D eigenvalue weighted by Gasteiger charge is -2.06. The molecule has 0 radical (unpaired) electrons. The zero-order valence-corrected chi connectivity index (χ0v) is 10.0. The minimum Gasteiger partial charge on any atom is -0.398 e. The highest BCUT2D eigenvalue weighted by molar-refractivity contribution is 7.92. The number of aryl methyl sites for hydroxylation is 1. The Hall–Kier alpha value is -2.23. The Morgan fingerprint density at radius 3 is 2.72 bits per heavy atom. The summed E-state index contributed by atoms with van der Waals surface area (Å²) in [6, 6.07) is 2.97. The van der Waals surface area contributed by atoms with Crippen molar-refractivity contribution in [2.45, 2.75) is 4.90 Å². The summed E-state index contributed by atoms with van der Waals surface area (Å²) >= 11 is 0. The maximum absolute atomic E-state index is 12.8. The van der Waals surface area contributed by atoms with Crippen LogP contribution >= 0.6 is 0 Å². The Morgan fingerprint density at radius 1 is 1.44 bits per heavy atom. The van der Waals surface area contributed by atoms with Crippen LogP contribution in [0, 0.1) is 5.82 Å². The topological polar surface area (TPSA) is 116 Å². The van der Waals surface area contributed by atoms with E-state index in [1.807, 2.05) is 0 Å². The monoisotopic (exact) mass is 272 g/mol. The molecule has 0 aliphatic rings. The number of benzene rings is 1. The van der Waals surface area contributed by atoms with Gasteiger partial charge in [-0.05, 0) is 23.4 Å². The molecule has 8 nitrogen and oxygen atoms in total. The normalized spacial score (nSPS) is 11.4. The van der Waals surface area contributed by atoms with Crippen LogP contribution in [0.1, 0.15) is 0 Å². The number of aromatic nitrogens is 4. The molecule has 0 fully saturated rings. The number of nitrogen functional groups attached to an aromatic ring is 1. The molecule has 0 spiro atoms. The summed E-state index contributed by atoms with van der Waals surface area (Å²) < 4.78 is 38.7. The molecule has 3 N–H and O–H groups in total. The highest BCUT2D eigenvalue weighted by Crippen LogP contribution is 2.20. The third kappa shape index (κ3) is 2.37. The SMILES string of the molecule is Cn1nnc(NS(=O)(=O)c2ccc(F)cc2N)n1. The molecule has 96 valence electrons. The number of anilines is 2. The van der Waals surface area contributed by atoms with E-state index >= 15 is 0 Å². The molecule has 0 saturated heterocycles. The van der Waals surface area contributed by atoms with Crippen molar-refractivity contribution in [2.24, 2.45) is 7.05 Å². The fraction of sp³-hybridized carbons (Fsp3) is 0.125. The molecule has 0 unspecified atom stereocenters. The maximum Gasteiger partial charge on any atom is 0.277 e. The van der Waals surface area contributed by atoms with Crippen LogP contribution in [0.3, 0.4) is 0 Å². The van der Waals surface area contributed by atoms with Crippen molar-refractivity contribution in [2.75, 3.05) is 10.5 Å². The van der Waals surface area contributed by atoms with Crippen molar-refractivity contribution in [1.82, 2.24) is 20.2 Å². The first-order valence-corrected chi connectivity index (χ1v) is 6.18. The largest absolute Gasteiger partial charge is 0.398 e. The van der Waals surface area contributed by atoms with Gasteiger partial charge in [-0.1, -0.05) is 5.10 Å². The van der Waals surface area contributed by atoms with Crippen LogP contribution in [-0.2, 0) is 17.1 Å². The number of halogens is 1. The lowest BCUT2D eigenvalue weighted by Crippen LogP contribution is -2.16. The van der Waals surface area contributed by atoms with Crippen LogP contribution in [-0.4, -0.2) is 28.6 Å². The minimum absolute atomic E-state index is 0.193. The van der Waals surface area contributed by atoms with E-state index < -0.39 is 15.8 Å². The van der Waals surface area contributed by atoms with E-state index in [4.69, 9.17) is 5.73 Å². The van der Waals surface area contributed by atoms with Crippen LogP contribution in [0.5, 0.6) is 0 Å². The number of tetrazole rings is 1. The van der Waals surface area contributed by atoms with Gasteiger partial charge in [0.25, 0.3) is 16.0 Å². The van der Waals surface area contributed by atoms with E-state index in [9.17, 15) is 12.8 Å². The molecule has 0 saturated carbocycles. The predicted octanol–water partition coefficient (Wildman–Crippen LogP) is -0.268. The highest BCUT2D eigenvalue weighted by atomic mass is 32.2. The van der Waals surface area contributed by atoms with Crippen molar-refractivity contribution < 1.29 is 12.8 Å². The van der Waals surface area contributed by atoms with Gasteiger partial charge in [-0.25, -0.2) is 17.5 Å². The Balaban J connectivity index is 2.36. The van der Waals surface area contributed by atoms with E-state index in [0.717, 1.165) is 23.0 Å². The van der Waals surface area contributed by atoms with Crippen LogP contribution in [0.2, 0.25) is 0 Å². The zero-order valence-electron chi connectivity index (χ0n) is 9.20. The lowest BCUT2D eigenvalue weighted by molar-refractivity contribution is 0.599. The van der Waals surface area contributed by atoms with Gasteiger partial charge in [0, 0.05) is 0 Å². The molecule has 0 atom stereocenters. The average Bonchev–Trinajstić information content (AvgIpc) is 2.62. The van der Waals surface area contributed by atoms with E-state index in [2.05, 4.69) is 20.1 Å². The molecular formula is C8H9FN6O2S. The van der Waals surface area contributed by atoms with Gasteiger partial charge >= 0.3 is 0 Å². The highest BCUT2D eigenvalue weighted by Gasteiger charge is 2.19. The third-order valence-corrected chi connectivity index (χ3v) is 3.40. The Morgan fingerprint density at radius 2 is 2.17 bits per heavy atom. The third-order valence-electron chi connectivity index (χ3n) is 2.00. The van der Waals surface area contributed by atoms with Gasteiger partial charge in [0.2, 0.25) is 0 Å². The van der Waals surface area contributed by atoms with E-state index in [1.54, 1.807) is 0 Å². The van der Waals surface area contributed by atoms with Crippen molar-refractivity contribution in [3.63, 3.8) is 0 Å². The standard InChI is InChI=1S/C8H9FN6O2S/c1-15-12-8(11-14-15)13-18(16,17)7-3-2-5(9)4-6(7)10/h2-4H,10H2,1H3,(H,12,13). The van der Waals surface area contributed by atoms with Crippen molar-refractivity contribution >= 4 is 21.7 Å². The fourth-order valence-corrected chi connectivity index (χ4v) is 2.31. The molecule has 2 aromatic rings. The smallest absolute Gasteiger partial charge is 0.277 e. The zero-order chi connectivity index (χ0) is 13.3. The Kier molecular flexibility index (Phi) is 2.87. The molecule has 10 heteroatoms. The predicted molar refractivity (Wildman–Crippen MR) is 60.4 cm³/mol. The Bertz CT molecular complexity index is 683. The summed E-state index contributed by atoms with van der Waals surface area (Å²) in [6.45, 7) is 0. The number of nitrogens with one attached hydrogen (secondary N) is 1. The number of hydrogen-bond donors (Lipinski definition) is 2. The summed E-state index contributed by atoms with van der Waals surface area (Å²) in [4.78, 5) is 0.836. The second-order valence-electron chi connectivity index (χ2n) is 3.39. The van der Waals surface area contributed by atoms with Gasteiger partial charge < -0.3 is 5.73 Å². The first-order valence-electron chi connectivity index (χ1n) is 4.70. The van der Waals surface area contributed by atoms with Crippen molar-refractivity contribution in [3.05, 3.63) is 24.0 Å². The first-order chi connectivity index (χ1) is 8.38. The number of rotatable bonds is 3. The van der Waals surface area contributed by atoms with Crippen molar-refractivity contribution in [3.8, 4) is 0 Å². The van der Waals surface area contributed by atoms with Gasteiger partial charge in [0.05, 0.1) is 12.7 Å². The number of nitrogens with two attached hydrogens (primary N) is 1. The molecule has 18 heavy (non-hydrogen) atoms. The van der Waals surface area contributed by atoms with Gasteiger partial charge in [-0.2, -0.15) is 4.80 Å². The second-order valence-corrected chi connectivity index (χ2v) is 5.04. The Labute approximate surface area is 102 Å². The molecule has 0 aliphatic heterocycles. The van der Waals surface area contributed by atoms with Crippen LogP contribution in [0.25, 0.3) is 0 Å². The average molecular weight is 272 g/mol. The van der Waals surface area contributed by atoms with Crippen molar-refractivity contribution in [1.29, 1.82) is 0 Å². The molecule has 1 aromatic heterocycles. The van der Waals surface area contributed by atoms with Gasteiger partial charge in [0.1, 0.15) is 10.7 Å². The molecule has 0 bridgehead atoms. The minimum atomic E-state index is -3.97. The summed E-state index contributed by atoms with van der Waals surface area (Å²) in [5.41, 5.74) is 5.24. The molecule has 1 aromatic carbocycles. The molecule has 2 rings (SSSR count). The van der Waals surface area contributed by atoms with E-state index in [1.165, 1.54) is 7.05 Å². The summed E-state index contributed by atoms with van der Waals surface area (Å²) in [6.07, 6.45) is 0. The number of sulfonamides is 1. The number of nitrogens with zero attached hydrogens (tertiary/aromatic N) is 4. The van der Waals surface area contributed by atoms with Crippen LogP contribution in [0.15, 0.2) is 23.1 Å². The maximum atomic E-state index is 12.8. The van der Waals surface area contributed by atoms with Crippen LogP contribution in [0.4, 0.5) is 16.0 Å². The molecular weight excluding hydrogens is 263 g/mol. The first kappa shape index (κ1) is 12.2. The summed E-state index contributed by atoms with van der Waals surface area (Å²) in [5, 5.41) is 10.6. The van der Waals surface area contributed by atoms with Gasteiger partial charge in [0.15, 0.2) is 0 Å². The quantitative estimate of drug-likeness (QED) is 0.743. The fourth-order valence-electron chi connectivity index (χ4n) is 1.26. The van der Waals surface area contributed by atoms with Crippen LogP contribution < -0.4 is 10.5 Å². The number of hydrogen-bond acceptors (Lipinski definition) is 6. The summed E-state index contributed by atoms with van der Waals surface area (Å²) in [7, 11) is -2.48. The van der Waals surface area contributed by atoms with Gasteiger partial charge in [-0.3, -0.25) is 0 Å². The molecule has 1 heterocycles. The summed E-state index contributed by atoms with van der Waals surface area (Å²) in [5.74, 6) is -0.815. The van der Waals surface area contributed by atoms with E-state index in [0.29, 0.717) is 0 Å². The van der Waals surface area contributed by atoms with E-state index in [-0.39, 0.29) is 16.5 Å². The lowest BCUT2D eigenvalue weighted by atomic mass is 10.3.